The molecule has 0 spiro atoms. The Labute approximate surface area is 141 Å². The molecule has 124 valence electrons. The summed E-state index contributed by atoms with van der Waals surface area (Å²) in [4.78, 5) is 12.5. The zero-order valence-electron chi connectivity index (χ0n) is 13.1. The molecule has 2 rings (SSSR count). The minimum Gasteiger partial charge on any atom is -0.348 e. The van der Waals surface area contributed by atoms with Crippen LogP contribution in [0.2, 0.25) is 0 Å². The molecule has 1 heterocycles. The van der Waals surface area contributed by atoms with Crippen molar-refractivity contribution < 1.29 is 9.00 Å². The Morgan fingerprint density at radius 1 is 1.41 bits per heavy atom. The molecule has 0 bridgehead atoms. The summed E-state index contributed by atoms with van der Waals surface area (Å²) >= 11 is 0. The van der Waals surface area contributed by atoms with Crippen molar-refractivity contribution in [2.45, 2.75) is 31.8 Å². The van der Waals surface area contributed by atoms with Gasteiger partial charge in [0.2, 0.25) is 5.91 Å². The smallest absolute Gasteiger partial charge is 0.223 e. The van der Waals surface area contributed by atoms with E-state index in [0.717, 1.165) is 24.9 Å². The Kier molecular flexibility index (Phi) is 8.07. The predicted molar refractivity (Wildman–Crippen MR) is 93.7 cm³/mol. The Hall–Kier alpha value is -0.910. The fourth-order valence-electron chi connectivity index (χ4n) is 2.80. The van der Waals surface area contributed by atoms with Crippen LogP contribution in [0.3, 0.4) is 0 Å². The van der Waals surface area contributed by atoms with E-state index in [1.165, 1.54) is 0 Å². The van der Waals surface area contributed by atoms with Crippen molar-refractivity contribution in [2.24, 2.45) is 5.92 Å². The number of piperidine rings is 1. The Balaban J connectivity index is 0.00000242. The van der Waals surface area contributed by atoms with E-state index in [0.29, 0.717) is 11.8 Å². The molecule has 0 saturated carbocycles. The van der Waals surface area contributed by atoms with Crippen LogP contribution in [-0.4, -0.2) is 34.7 Å². The van der Waals surface area contributed by atoms with Gasteiger partial charge in [-0.25, -0.2) is 0 Å². The number of carbonyl (C=O) groups is 1. The van der Waals surface area contributed by atoms with Crippen molar-refractivity contribution in [1.82, 2.24) is 10.6 Å². The summed E-state index contributed by atoms with van der Waals surface area (Å²) in [7, 11) is -0.952. The highest BCUT2D eigenvalue weighted by Gasteiger charge is 2.27. The van der Waals surface area contributed by atoms with Gasteiger partial charge in [-0.2, -0.15) is 0 Å². The van der Waals surface area contributed by atoms with Crippen LogP contribution in [0.5, 0.6) is 0 Å². The first-order chi connectivity index (χ1) is 10.1. The SMILES string of the molecule is C[C@H]1C[C@@H](C(=O)NC(CS(C)=O)c2ccccc2)CCN1.Cl. The zero-order chi connectivity index (χ0) is 15.2. The van der Waals surface area contributed by atoms with Gasteiger partial charge in [0.15, 0.2) is 0 Å². The zero-order valence-corrected chi connectivity index (χ0v) is 14.7. The van der Waals surface area contributed by atoms with Crippen LogP contribution in [0.4, 0.5) is 0 Å². The third-order valence-electron chi connectivity index (χ3n) is 3.91. The van der Waals surface area contributed by atoms with Crippen LogP contribution in [0, 0.1) is 5.92 Å². The van der Waals surface area contributed by atoms with Crippen molar-refractivity contribution in [3.05, 3.63) is 35.9 Å². The number of halogens is 1. The average Bonchev–Trinajstić information content (AvgIpc) is 2.47. The van der Waals surface area contributed by atoms with Crippen LogP contribution in [0.1, 0.15) is 31.4 Å². The summed E-state index contributed by atoms with van der Waals surface area (Å²) in [6.07, 6.45) is 3.41. The van der Waals surface area contributed by atoms with E-state index in [1.807, 2.05) is 30.3 Å². The average molecular weight is 345 g/mol. The van der Waals surface area contributed by atoms with E-state index in [4.69, 9.17) is 0 Å². The van der Waals surface area contributed by atoms with E-state index in [2.05, 4.69) is 17.6 Å². The number of hydrogen-bond acceptors (Lipinski definition) is 3. The first-order valence-corrected chi connectivity index (χ1v) is 9.17. The van der Waals surface area contributed by atoms with Gasteiger partial charge in [0.25, 0.3) is 0 Å². The Morgan fingerprint density at radius 2 is 2.09 bits per heavy atom. The largest absolute Gasteiger partial charge is 0.348 e. The van der Waals surface area contributed by atoms with Crippen LogP contribution in [0.15, 0.2) is 30.3 Å². The fourth-order valence-corrected chi connectivity index (χ4v) is 3.55. The van der Waals surface area contributed by atoms with Crippen molar-refractivity contribution in [3.63, 3.8) is 0 Å². The van der Waals surface area contributed by atoms with Crippen LogP contribution >= 0.6 is 12.4 Å². The number of rotatable bonds is 5. The molecule has 1 amide bonds. The summed E-state index contributed by atoms with van der Waals surface area (Å²) in [5.41, 5.74) is 1.02. The number of nitrogens with one attached hydrogen (secondary N) is 2. The number of benzene rings is 1. The molecule has 2 unspecified atom stereocenters. The molecule has 0 radical (unpaired) electrons. The molecule has 1 aromatic carbocycles. The molecule has 1 fully saturated rings. The highest BCUT2D eigenvalue weighted by Crippen LogP contribution is 2.19. The molecule has 1 aromatic rings. The van der Waals surface area contributed by atoms with E-state index in [9.17, 15) is 9.00 Å². The molecule has 1 aliphatic heterocycles. The monoisotopic (exact) mass is 344 g/mol. The minimum absolute atomic E-state index is 0. The summed E-state index contributed by atoms with van der Waals surface area (Å²) in [5.74, 6) is 0.594. The highest BCUT2D eigenvalue weighted by atomic mass is 35.5. The van der Waals surface area contributed by atoms with Gasteiger partial charge >= 0.3 is 0 Å². The van der Waals surface area contributed by atoms with Crippen molar-refractivity contribution in [3.8, 4) is 0 Å². The lowest BCUT2D eigenvalue weighted by Crippen LogP contribution is -2.44. The molecule has 1 saturated heterocycles. The second kappa shape index (κ2) is 9.28. The summed E-state index contributed by atoms with van der Waals surface area (Å²) < 4.78 is 11.6. The van der Waals surface area contributed by atoms with Crippen molar-refractivity contribution >= 4 is 29.1 Å². The maximum absolute atomic E-state index is 12.5. The Bertz CT molecular complexity index is 498. The van der Waals surface area contributed by atoms with Crippen LogP contribution in [-0.2, 0) is 15.6 Å². The van der Waals surface area contributed by atoms with Gasteiger partial charge in [0.05, 0.1) is 6.04 Å². The topological polar surface area (TPSA) is 58.2 Å². The number of carbonyl (C=O) groups excluding carboxylic acids is 1. The highest BCUT2D eigenvalue weighted by molar-refractivity contribution is 7.84. The number of amides is 1. The van der Waals surface area contributed by atoms with Gasteiger partial charge in [-0.1, -0.05) is 30.3 Å². The molecule has 2 N–H and O–H groups in total. The lowest BCUT2D eigenvalue weighted by Gasteiger charge is -2.29. The normalized spacial score (nSPS) is 23.9. The molecule has 0 aliphatic carbocycles. The molecular formula is C16H25ClN2O2S. The third kappa shape index (κ3) is 5.71. The number of hydrogen-bond donors (Lipinski definition) is 2. The minimum atomic E-state index is -0.952. The second-order valence-corrected chi connectivity index (χ2v) is 7.27. The second-order valence-electron chi connectivity index (χ2n) is 5.79. The van der Waals surface area contributed by atoms with Gasteiger partial charge in [0, 0.05) is 34.8 Å². The summed E-state index contributed by atoms with van der Waals surface area (Å²) in [6, 6.07) is 9.99. The fraction of sp³-hybridized carbons (Fsp3) is 0.562. The molecule has 4 nitrogen and oxygen atoms in total. The van der Waals surface area contributed by atoms with Crippen LogP contribution in [0.25, 0.3) is 0 Å². The van der Waals surface area contributed by atoms with E-state index in [-0.39, 0.29) is 30.3 Å². The Morgan fingerprint density at radius 3 is 2.68 bits per heavy atom. The first-order valence-electron chi connectivity index (χ1n) is 7.45. The van der Waals surface area contributed by atoms with Gasteiger partial charge in [-0.15, -0.1) is 12.4 Å². The molecular weight excluding hydrogens is 320 g/mol. The predicted octanol–water partition coefficient (Wildman–Crippen LogP) is 2.03. The van der Waals surface area contributed by atoms with Gasteiger partial charge in [-0.3, -0.25) is 9.00 Å². The third-order valence-corrected chi connectivity index (χ3v) is 4.72. The quantitative estimate of drug-likeness (QED) is 0.859. The van der Waals surface area contributed by atoms with Gasteiger partial charge in [0.1, 0.15) is 0 Å². The standard InChI is InChI=1S/C16H24N2O2S.ClH/c1-12-10-14(8-9-17-12)16(19)18-15(11-21(2)20)13-6-4-3-5-7-13;/h3-7,12,14-15,17H,8-11H2,1-2H3,(H,18,19);1H/t12-,14-,15?,21?;/m0./s1. The lowest BCUT2D eigenvalue weighted by atomic mass is 9.92. The van der Waals surface area contributed by atoms with Crippen molar-refractivity contribution in [1.29, 1.82) is 0 Å². The molecule has 6 heteroatoms. The van der Waals surface area contributed by atoms with E-state index in [1.54, 1.807) is 6.26 Å². The first kappa shape index (κ1) is 19.1. The van der Waals surface area contributed by atoms with Crippen molar-refractivity contribution in [2.75, 3.05) is 18.6 Å². The maximum atomic E-state index is 12.5. The summed E-state index contributed by atoms with van der Waals surface area (Å²) in [6.45, 7) is 2.99. The molecule has 0 aromatic heterocycles. The maximum Gasteiger partial charge on any atom is 0.223 e. The molecule has 22 heavy (non-hydrogen) atoms. The van der Waals surface area contributed by atoms with E-state index >= 15 is 0 Å². The summed E-state index contributed by atoms with van der Waals surface area (Å²) in [5, 5.41) is 6.45. The van der Waals surface area contributed by atoms with Gasteiger partial charge < -0.3 is 10.6 Å². The van der Waals surface area contributed by atoms with E-state index < -0.39 is 10.8 Å². The van der Waals surface area contributed by atoms with Gasteiger partial charge in [-0.05, 0) is 31.9 Å². The lowest BCUT2D eigenvalue weighted by molar-refractivity contribution is -0.126. The molecule has 4 atom stereocenters. The van der Waals surface area contributed by atoms with Crippen LogP contribution < -0.4 is 10.6 Å². The molecule has 1 aliphatic rings.